The highest BCUT2D eigenvalue weighted by atomic mass is 35.5. The van der Waals surface area contributed by atoms with E-state index in [-0.39, 0.29) is 5.91 Å². The average molecular weight is 316 g/mol. The first kappa shape index (κ1) is 16.1. The van der Waals surface area contributed by atoms with Crippen molar-refractivity contribution in [1.29, 1.82) is 0 Å². The van der Waals surface area contributed by atoms with Gasteiger partial charge >= 0.3 is 0 Å². The van der Waals surface area contributed by atoms with Gasteiger partial charge < -0.3 is 9.64 Å². The Bertz CT molecular complexity index is 665. The van der Waals surface area contributed by atoms with Gasteiger partial charge in [0.1, 0.15) is 5.75 Å². The van der Waals surface area contributed by atoms with E-state index in [2.05, 4.69) is 0 Å². The van der Waals surface area contributed by atoms with Gasteiger partial charge in [0.15, 0.2) is 0 Å². The third kappa shape index (κ3) is 4.37. The maximum Gasteiger partial charge on any atom is 0.246 e. The molecule has 0 spiro atoms. The van der Waals surface area contributed by atoms with Crippen LogP contribution in [0.4, 0.5) is 0 Å². The molecule has 114 valence electrons. The quantitative estimate of drug-likeness (QED) is 0.780. The van der Waals surface area contributed by atoms with E-state index in [0.29, 0.717) is 11.6 Å². The van der Waals surface area contributed by atoms with E-state index >= 15 is 0 Å². The van der Waals surface area contributed by atoms with Gasteiger partial charge in [-0.3, -0.25) is 4.79 Å². The van der Waals surface area contributed by atoms with E-state index < -0.39 is 0 Å². The summed E-state index contributed by atoms with van der Waals surface area (Å²) >= 11 is 5.83. The third-order valence-corrected chi connectivity index (χ3v) is 3.52. The van der Waals surface area contributed by atoms with Crippen molar-refractivity contribution in [2.75, 3.05) is 14.2 Å². The standard InChI is InChI=1S/C18H18ClNO2/c1-20(13-15-5-3-4-6-17(15)22-2)18(21)12-9-14-7-10-16(19)11-8-14/h3-12H,13H2,1-2H3/b12-9+. The monoisotopic (exact) mass is 315 g/mol. The summed E-state index contributed by atoms with van der Waals surface area (Å²) in [5.74, 6) is 0.713. The molecule has 2 rings (SSSR count). The van der Waals surface area contributed by atoms with Crippen LogP contribution in [-0.2, 0) is 11.3 Å². The van der Waals surface area contributed by atoms with Crippen molar-refractivity contribution in [3.8, 4) is 5.75 Å². The minimum Gasteiger partial charge on any atom is -0.496 e. The molecule has 0 aliphatic carbocycles. The molecule has 4 heteroatoms. The fourth-order valence-electron chi connectivity index (χ4n) is 2.04. The zero-order chi connectivity index (χ0) is 15.9. The van der Waals surface area contributed by atoms with Crippen LogP contribution < -0.4 is 4.74 Å². The van der Waals surface area contributed by atoms with Gasteiger partial charge in [-0.2, -0.15) is 0 Å². The van der Waals surface area contributed by atoms with Gasteiger partial charge in [-0.15, -0.1) is 0 Å². The summed E-state index contributed by atoms with van der Waals surface area (Å²) in [6.45, 7) is 0.494. The van der Waals surface area contributed by atoms with Gasteiger partial charge in [0.05, 0.1) is 7.11 Å². The molecule has 2 aromatic rings. The number of rotatable bonds is 5. The SMILES string of the molecule is COc1ccccc1CN(C)C(=O)/C=C/c1ccc(Cl)cc1. The van der Waals surface area contributed by atoms with E-state index in [4.69, 9.17) is 16.3 Å². The number of hydrogen-bond acceptors (Lipinski definition) is 2. The van der Waals surface area contributed by atoms with Gasteiger partial charge in [0.2, 0.25) is 5.91 Å². The number of likely N-dealkylation sites (N-methyl/N-ethyl adjacent to an activating group) is 1. The number of hydrogen-bond donors (Lipinski definition) is 0. The van der Waals surface area contributed by atoms with Crippen molar-refractivity contribution in [1.82, 2.24) is 4.90 Å². The van der Waals surface area contributed by atoms with Crippen LogP contribution in [0.25, 0.3) is 6.08 Å². The first-order valence-electron chi connectivity index (χ1n) is 6.91. The zero-order valence-electron chi connectivity index (χ0n) is 12.6. The van der Waals surface area contributed by atoms with Gasteiger partial charge in [-0.1, -0.05) is 41.9 Å². The predicted octanol–water partition coefficient (Wildman–Crippen LogP) is 4.02. The molecule has 0 saturated heterocycles. The Hall–Kier alpha value is -2.26. The molecule has 0 bridgehead atoms. The maximum absolute atomic E-state index is 12.2. The molecule has 0 heterocycles. The van der Waals surface area contributed by atoms with Gasteiger partial charge in [-0.25, -0.2) is 0 Å². The summed E-state index contributed by atoms with van der Waals surface area (Å²) in [6.07, 6.45) is 3.33. The van der Waals surface area contributed by atoms with E-state index in [1.807, 2.05) is 36.4 Å². The fraction of sp³-hybridized carbons (Fsp3) is 0.167. The molecule has 0 atom stereocenters. The fourth-order valence-corrected chi connectivity index (χ4v) is 2.16. The lowest BCUT2D eigenvalue weighted by molar-refractivity contribution is -0.125. The van der Waals surface area contributed by atoms with Gasteiger partial charge in [0.25, 0.3) is 0 Å². The maximum atomic E-state index is 12.2. The molecule has 2 aromatic carbocycles. The lowest BCUT2D eigenvalue weighted by Gasteiger charge is -2.17. The van der Waals surface area contributed by atoms with E-state index in [9.17, 15) is 4.79 Å². The Balaban J connectivity index is 2.01. The number of benzene rings is 2. The number of nitrogens with zero attached hydrogens (tertiary/aromatic N) is 1. The molecule has 0 unspecified atom stereocenters. The minimum atomic E-state index is -0.0687. The van der Waals surface area contributed by atoms with Crippen LogP contribution in [-0.4, -0.2) is 25.0 Å². The average Bonchev–Trinajstić information content (AvgIpc) is 2.54. The number of methoxy groups -OCH3 is 1. The lowest BCUT2D eigenvalue weighted by atomic mass is 10.2. The molecule has 22 heavy (non-hydrogen) atoms. The molecule has 0 aromatic heterocycles. The molecule has 3 nitrogen and oxygen atoms in total. The highest BCUT2D eigenvalue weighted by Gasteiger charge is 2.09. The van der Waals surface area contributed by atoms with E-state index in [1.165, 1.54) is 0 Å². The van der Waals surface area contributed by atoms with Crippen molar-refractivity contribution >= 4 is 23.6 Å². The summed E-state index contributed by atoms with van der Waals surface area (Å²) < 4.78 is 5.30. The zero-order valence-corrected chi connectivity index (χ0v) is 13.4. The number of amides is 1. The summed E-state index contributed by atoms with van der Waals surface area (Å²) in [7, 11) is 3.39. The highest BCUT2D eigenvalue weighted by Crippen LogP contribution is 2.19. The number of ether oxygens (including phenoxy) is 1. The van der Waals surface area contributed by atoms with Crippen LogP contribution in [0.3, 0.4) is 0 Å². The molecule has 0 fully saturated rings. The summed E-state index contributed by atoms with van der Waals surface area (Å²) in [4.78, 5) is 13.8. The van der Waals surface area contributed by atoms with Gasteiger partial charge in [0, 0.05) is 30.3 Å². The summed E-state index contributed by atoms with van der Waals surface area (Å²) in [5, 5.41) is 0.678. The van der Waals surface area contributed by atoms with Crippen LogP contribution in [0.2, 0.25) is 5.02 Å². The molecule has 1 amide bonds. The first-order valence-corrected chi connectivity index (χ1v) is 7.28. The number of halogens is 1. The Labute approximate surface area is 135 Å². The Kier molecular flexibility index (Phi) is 5.61. The number of carbonyl (C=O) groups excluding carboxylic acids is 1. The first-order chi connectivity index (χ1) is 10.6. The van der Waals surface area contributed by atoms with Crippen LogP contribution in [0.15, 0.2) is 54.6 Å². The summed E-state index contributed by atoms with van der Waals surface area (Å²) in [5.41, 5.74) is 1.91. The second kappa shape index (κ2) is 7.66. The highest BCUT2D eigenvalue weighted by molar-refractivity contribution is 6.30. The summed E-state index contributed by atoms with van der Waals surface area (Å²) in [6, 6.07) is 15.0. The largest absolute Gasteiger partial charge is 0.496 e. The van der Waals surface area contributed by atoms with Crippen LogP contribution >= 0.6 is 11.6 Å². The van der Waals surface area contributed by atoms with E-state index in [1.54, 1.807) is 43.3 Å². The molecule has 0 aliphatic heterocycles. The Morgan fingerprint density at radius 2 is 1.86 bits per heavy atom. The smallest absolute Gasteiger partial charge is 0.246 e. The van der Waals surface area contributed by atoms with Gasteiger partial charge in [-0.05, 0) is 29.8 Å². The van der Waals surface area contributed by atoms with E-state index in [0.717, 1.165) is 16.9 Å². The lowest BCUT2D eigenvalue weighted by Crippen LogP contribution is -2.24. The third-order valence-electron chi connectivity index (χ3n) is 3.26. The predicted molar refractivity (Wildman–Crippen MR) is 90.0 cm³/mol. The number of para-hydroxylation sites is 1. The molecular weight excluding hydrogens is 298 g/mol. The van der Waals surface area contributed by atoms with Crippen molar-refractivity contribution in [2.45, 2.75) is 6.54 Å². The normalized spacial score (nSPS) is 10.7. The van der Waals surface area contributed by atoms with Crippen LogP contribution in [0.5, 0.6) is 5.75 Å². The second-order valence-corrected chi connectivity index (χ2v) is 5.33. The van der Waals surface area contributed by atoms with Crippen molar-refractivity contribution in [3.63, 3.8) is 0 Å². The topological polar surface area (TPSA) is 29.5 Å². The molecule has 0 aliphatic rings. The molecule has 0 saturated carbocycles. The molecule has 0 N–H and O–H groups in total. The Morgan fingerprint density at radius 1 is 1.18 bits per heavy atom. The minimum absolute atomic E-state index is 0.0687. The van der Waals surface area contributed by atoms with Crippen molar-refractivity contribution in [3.05, 3.63) is 70.8 Å². The molecule has 0 radical (unpaired) electrons. The van der Waals surface area contributed by atoms with Crippen molar-refractivity contribution in [2.24, 2.45) is 0 Å². The second-order valence-electron chi connectivity index (χ2n) is 4.89. The molecular formula is C18H18ClNO2. The van der Waals surface area contributed by atoms with Crippen molar-refractivity contribution < 1.29 is 9.53 Å². The Morgan fingerprint density at radius 3 is 2.55 bits per heavy atom. The van der Waals surface area contributed by atoms with Crippen LogP contribution in [0, 0.1) is 0 Å². The van der Waals surface area contributed by atoms with Crippen LogP contribution in [0.1, 0.15) is 11.1 Å². The number of carbonyl (C=O) groups is 1.